The third-order valence-electron chi connectivity index (χ3n) is 2.77. The van der Waals surface area contributed by atoms with Gasteiger partial charge in [-0.15, -0.1) is 0 Å². The molecule has 2 aromatic rings. The summed E-state index contributed by atoms with van der Waals surface area (Å²) in [6.07, 6.45) is 0.620. The molecule has 0 saturated carbocycles. The Bertz CT molecular complexity index is 592. The molecule has 110 valence electrons. The molecule has 2 rings (SSSR count). The normalized spacial score (nSPS) is 10.1. The van der Waals surface area contributed by atoms with Crippen LogP contribution in [0.15, 0.2) is 48.5 Å². The number of rotatable bonds is 7. The molecule has 0 bridgehead atoms. The molecule has 0 atom stereocenters. The maximum Gasteiger partial charge on any atom is 0.339 e. The molecule has 5 heteroatoms. The fourth-order valence-corrected chi connectivity index (χ4v) is 1.74. The summed E-state index contributed by atoms with van der Waals surface area (Å²) in [5, 5.41) is 18.2. The average molecular weight is 288 g/mol. The van der Waals surface area contributed by atoms with Crippen molar-refractivity contribution in [2.45, 2.75) is 6.42 Å². The molecule has 5 nitrogen and oxygen atoms in total. The zero-order valence-corrected chi connectivity index (χ0v) is 11.4. The highest BCUT2D eigenvalue weighted by molar-refractivity contribution is 5.90. The fourth-order valence-electron chi connectivity index (χ4n) is 1.74. The van der Waals surface area contributed by atoms with Crippen LogP contribution >= 0.6 is 0 Å². The number of aromatic carboxylic acids is 1. The van der Waals surface area contributed by atoms with Gasteiger partial charge in [-0.25, -0.2) is 4.79 Å². The Kier molecular flexibility index (Phi) is 5.04. The van der Waals surface area contributed by atoms with Crippen LogP contribution in [-0.4, -0.2) is 29.4 Å². The Morgan fingerprint density at radius 1 is 0.952 bits per heavy atom. The summed E-state index contributed by atoms with van der Waals surface area (Å²) < 4.78 is 10.9. The molecule has 2 N–H and O–H groups in total. The van der Waals surface area contributed by atoms with Crippen molar-refractivity contribution in [2.75, 3.05) is 13.2 Å². The van der Waals surface area contributed by atoms with Crippen LogP contribution in [0.25, 0.3) is 0 Å². The molecule has 0 aliphatic heterocycles. The number of carboxylic acids is 1. The molecule has 0 saturated heterocycles. The molecular formula is C16H16O5. The highest BCUT2D eigenvalue weighted by atomic mass is 16.5. The zero-order chi connectivity index (χ0) is 15.1. The first-order valence-corrected chi connectivity index (χ1v) is 6.54. The molecule has 21 heavy (non-hydrogen) atoms. The number of phenolic OH excluding ortho intramolecular Hbond substituents is 1. The van der Waals surface area contributed by atoms with Gasteiger partial charge in [-0.3, -0.25) is 0 Å². The van der Waals surface area contributed by atoms with Crippen LogP contribution in [0, 0.1) is 0 Å². The molecule has 0 aliphatic carbocycles. The van der Waals surface area contributed by atoms with Gasteiger partial charge in [0.2, 0.25) is 0 Å². The largest absolute Gasteiger partial charge is 0.508 e. The number of para-hydroxylation sites is 1. The van der Waals surface area contributed by atoms with Crippen LogP contribution < -0.4 is 9.47 Å². The summed E-state index contributed by atoms with van der Waals surface area (Å²) in [6.45, 7) is 0.808. The smallest absolute Gasteiger partial charge is 0.339 e. The molecule has 0 amide bonds. The number of aromatic hydroxyl groups is 1. The molecule has 0 unspecified atom stereocenters. The first-order valence-electron chi connectivity index (χ1n) is 6.54. The number of ether oxygens (including phenoxy) is 2. The Morgan fingerprint density at radius 3 is 2.33 bits per heavy atom. The topological polar surface area (TPSA) is 76.0 Å². The lowest BCUT2D eigenvalue weighted by Crippen LogP contribution is -2.07. The molecule has 2 aromatic carbocycles. The average Bonchev–Trinajstić information content (AvgIpc) is 2.49. The molecule has 0 spiro atoms. The van der Waals surface area contributed by atoms with E-state index in [9.17, 15) is 4.79 Å². The third kappa shape index (κ3) is 4.42. The second kappa shape index (κ2) is 7.19. The lowest BCUT2D eigenvalue weighted by Gasteiger charge is -2.09. The van der Waals surface area contributed by atoms with E-state index in [1.807, 2.05) is 0 Å². The summed E-state index contributed by atoms with van der Waals surface area (Å²) in [6, 6.07) is 13.0. The fraction of sp³-hybridized carbons (Fsp3) is 0.188. The minimum absolute atomic E-state index is 0.150. The number of carbonyl (C=O) groups is 1. The first-order chi connectivity index (χ1) is 10.2. The number of benzene rings is 2. The van der Waals surface area contributed by atoms with Crippen molar-refractivity contribution >= 4 is 5.97 Å². The van der Waals surface area contributed by atoms with Crippen molar-refractivity contribution < 1.29 is 24.5 Å². The summed E-state index contributed by atoms with van der Waals surface area (Å²) in [5.41, 5.74) is 0.150. The van der Waals surface area contributed by atoms with E-state index < -0.39 is 5.97 Å². The highest BCUT2D eigenvalue weighted by Gasteiger charge is 2.09. The molecule has 0 fully saturated rings. The molecule has 0 aromatic heterocycles. The van der Waals surface area contributed by atoms with E-state index in [-0.39, 0.29) is 11.3 Å². The molecular weight excluding hydrogens is 272 g/mol. The second-order valence-corrected chi connectivity index (χ2v) is 4.35. The molecule has 0 heterocycles. The van der Waals surface area contributed by atoms with E-state index in [0.717, 1.165) is 0 Å². The van der Waals surface area contributed by atoms with Crippen molar-refractivity contribution in [1.29, 1.82) is 0 Å². The molecule has 0 aliphatic rings. The van der Waals surface area contributed by atoms with Gasteiger partial charge < -0.3 is 19.7 Å². The maximum absolute atomic E-state index is 11.0. The molecule has 0 radical (unpaired) electrons. The van der Waals surface area contributed by atoms with Gasteiger partial charge in [0, 0.05) is 6.42 Å². The van der Waals surface area contributed by atoms with Crippen molar-refractivity contribution in [2.24, 2.45) is 0 Å². The van der Waals surface area contributed by atoms with E-state index in [0.29, 0.717) is 31.1 Å². The van der Waals surface area contributed by atoms with E-state index in [1.54, 1.807) is 42.5 Å². The summed E-state index contributed by atoms with van der Waals surface area (Å²) >= 11 is 0. The van der Waals surface area contributed by atoms with Crippen LogP contribution in [0.4, 0.5) is 0 Å². The Labute approximate surface area is 122 Å². The number of hydrogen-bond acceptors (Lipinski definition) is 4. The SMILES string of the molecule is O=C(O)c1ccccc1OCCCOc1ccc(O)cc1. The van der Waals surface area contributed by atoms with Gasteiger partial charge in [0.05, 0.1) is 13.2 Å². The van der Waals surface area contributed by atoms with Gasteiger partial charge in [-0.1, -0.05) is 12.1 Å². The summed E-state index contributed by atoms with van der Waals surface area (Å²) in [5.74, 6) is 0.204. The Morgan fingerprint density at radius 2 is 1.62 bits per heavy atom. The maximum atomic E-state index is 11.0. The lowest BCUT2D eigenvalue weighted by atomic mass is 10.2. The zero-order valence-electron chi connectivity index (χ0n) is 11.4. The first kappa shape index (κ1) is 14.7. The van der Waals surface area contributed by atoms with Gasteiger partial charge in [-0.2, -0.15) is 0 Å². The van der Waals surface area contributed by atoms with E-state index in [4.69, 9.17) is 19.7 Å². The van der Waals surface area contributed by atoms with Gasteiger partial charge in [0.15, 0.2) is 0 Å². The predicted octanol–water partition coefficient (Wildman–Crippen LogP) is 2.94. The number of phenols is 1. The van der Waals surface area contributed by atoms with Crippen LogP contribution in [0.3, 0.4) is 0 Å². The number of hydrogen-bond donors (Lipinski definition) is 2. The van der Waals surface area contributed by atoms with Gasteiger partial charge in [-0.05, 0) is 36.4 Å². The van der Waals surface area contributed by atoms with Crippen LogP contribution in [0.2, 0.25) is 0 Å². The van der Waals surface area contributed by atoms with E-state index in [2.05, 4.69) is 0 Å². The Hall–Kier alpha value is -2.69. The van der Waals surface area contributed by atoms with Crippen molar-refractivity contribution in [3.05, 3.63) is 54.1 Å². The van der Waals surface area contributed by atoms with Crippen molar-refractivity contribution in [3.63, 3.8) is 0 Å². The highest BCUT2D eigenvalue weighted by Crippen LogP contribution is 2.18. The van der Waals surface area contributed by atoms with E-state index in [1.165, 1.54) is 6.07 Å². The van der Waals surface area contributed by atoms with Gasteiger partial charge in [0.1, 0.15) is 22.8 Å². The van der Waals surface area contributed by atoms with Crippen LogP contribution in [-0.2, 0) is 0 Å². The monoisotopic (exact) mass is 288 g/mol. The second-order valence-electron chi connectivity index (χ2n) is 4.35. The van der Waals surface area contributed by atoms with E-state index >= 15 is 0 Å². The van der Waals surface area contributed by atoms with Gasteiger partial charge in [0.25, 0.3) is 0 Å². The van der Waals surface area contributed by atoms with Crippen molar-refractivity contribution in [1.82, 2.24) is 0 Å². The Balaban J connectivity index is 1.75. The summed E-state index contributed by atoms with van der Waals surface area (Å²) in [7, 11) is 0. The third-order valence-corrected chi connectivity index (χ3v) is 2.77. The number of carboxylic acid groups (broad SMARTS) is 1. The minimum atomic E-state index is -1.01. The van der Waals surface area contributed by atoms with Crippen LogP contribution in [0.1, 0.15) is 16.8 Å². The minimum Gasteiger partial charge on any atom is -0.508 e. The van der Waals surface area contributed by atoms with Crippen molar-refractivity contribution in [3.8, 4) is 17.2 Å². The predicted molar refractivity (Wildman–Crippen MR) is 77.1 cm³/mol. The summed E-state index contributed by atoms with van der Waals surface area (Å²) in [4.78, 5) is 11.0. The van der Waals surface area contributed by atoms with Crippen LogP contribution in [0.5, 0.6) is 17.2 Å². The van der Waals surface area contributed by atoms with Gasteiger partial charge >= 0.3 is 5.97 Å². The standard InChI is InChI=1S/C16H16O5/c17-12-6-8-13(9-7-12)20-10-3-11-21-15-5-2-1-4-14(15)16(18)19/h1-2,4-9,17H,3,10-11H2,(H,18,19). The lowest BCUT2D eigenvalue weighted by molar-refractivity contribution is 0.0692. The quantitative estimate of drug-likeness (QED) is 0.766.